The number of fused-ring (bicyclic) bond motifs is 1. The van der Waals surface area contributed by atoms with Crippen LogP contribution in [0.25, 0.3) is 10.2 Å². The first-order chi connectivity index (χ1) is 6.70. The van der Waals surface area contributed by atoms with E-state index in [1.54, 1.807) is 0 Å². The maximum Gasteiger partial charge on any atom is 0.181 e. The zero-order chi connectivity index (χ0) is 10.1. The minimum Gasteiger partial charge on any atom is -0.375 e. The van der Waals surface area contributed by atoms with Crippen molar-refractivity contribution in [2.45, 2.75) is 6.42 Å². The Morgan fingerprint density at radius 1 is 1.43 bits per heavy atom. The van der Waals surface area contributed by atoms with Gasteiger partial charge in [0.25, 0.3) is 0 Å². The summed E-state index contributed by atoms with van der Waals surface area (Å²) in [5.41, 5.74) is 13.0. The van der Waals surface area contributed by atoms with Gasteiger partial charge in [0.1, 0.15) is 5.52 Å². The number of thiazole rings is 1. The standard InChI is InChI=1S/C9H10ClN3S/c10-6-3-5(1-2-11)4-7-8(6)13-9(12)14-7/h3-4H,1-2,11H2,(H2,12,13). The van der Waals surface area contributed by atoms with Crippen LogP contribution in [-0.2, 0) is 6.42 Å². The van der Waals surface area contributed by atoms with Gasteiger partial charge in [-0.3, -0.25) is 0 Å². The highest BCUT2D eigenvalue weighted by Crippen LogP contribution is 2.30. The Labute approximate surface area is 90.7 Å². The Bertz CT molecular complexity index is 466. The average molecular weight is 228 g/mol. The van der Waals surface area contributed by atoms with Crippen molar-refractivity contribution in [3.05, 3.63) is 22.7 Å². The normalized spacial score (nSPS) is 11.0. The van der Waals surface area contributed by atoms with Crippen molar-refractivity contribution in [3.8, 4) is 0 Å². The number of nitrogens with two attached hydrogens (primary N) is 2. The molecule has 4 N–H and O–H groups in total. The van der Waals surface area contributed by atoms with Gasteiger partial charge in [-0.15, -0.1) is 0 Å². The lowest BCUT2D eigenvalue weighted by atomic mass is 10.1. The molecular weight excluding hydrogens is 218 g/mol. The number of aromatic nitrogens is 1. The molecule has 5 heteroatoms. The fraction of sp³-hybridized carbons (Fsp3) is 0.222. The first-order valence-electron chi connectivity index (χ1n) is 4.25. The molecule has 0 aliphatic carbocycles. The Morgan fingerprint density at radius 2 is 2.21 bits per heavy atom. The number of hydrogen-bond donors (Lipinski definition) is 2. The molecule has 0 saturated carbocycles. The van der Waals surface area contributed by atoms with Crippen molar-refractivity contribution >= 4 is 38.3 Å². The molecule has 2 aromatic rings. The number of anilines is 1. The number of benzene rings is 1. The number of halogens is 1. The van der Waals surface area contributed by atoms with Crippen molar-refractivity contribution in [1.29, 1.82) is 0 Å². The number of nitrogens with zero attached hydrogens (tertiary/aromatic N) is 1. The highest BCUT2D eigenvalue weighted by Gasteiger charge is 2.06. The van der Waals surface area contributed by atoms with E-state index < -0.39 is 0 Å². The number of rotatable bonds is 2. The van der Waals surface area contributed by atoms with Crippen LogP contribution in [0, 0.1) is 0 Å². The summed E-state index contributed by atoms with van der Waals surface area (Å²) in [5.74, 6) is 0. The second kappa shape index (κ2) is 3.73. The predicted octanol–water partition coefficient (Wildman–Crippen LogP) is 2.03. The van der Waals surface area contributed by atoms with Crippen LogP contribution in [0.2, 0.25) is 5.02 Å². The molecule has 0 aliphatic heterocycles. The summed E-state index contributed by atoms with van der Waals surface area (Å²) in [7, 11) is 0. The van der Waals surface area contributed by atoms with E-state index in [0.29, 0.717) is 16.7 Å². The van der Waals surface area contributed by atoms with E-state index in [9.17, 15) is 0 Å². The van der Waals surface area contributed by atoms with Gasteiger partial charge in [0.15, 0.2) is 5.13 Å². The lowest BCUT2D eigenvalue weighted by Gasteiger charge is -1.99. The SMILES string of the molecule is NCCc1cc(Cl)c2nc(N)sc2c1. The van der Waals surface area contributed by atoms with Gasteiger partial charge in [-0.25, -0.2) is 4.98 Å². The Morgan fingerprint density at radius 3 is 2.93 bits per heavy atom. The van der Waals surface area contributed by atoms with Gasteiger partial charge in [0.05, 0.1) is 9.72 Å². The Balaban J connectivity index is 2.59. The molecule has 2 rings (SSSR count). The van der Waals surface area contributed by atoms with Gasteiger partial charge in [-0.2, -0.15) is 0 Å². The lowest BCUT2D eigenvalue weighted by molar-refractivity contribution is 0.971. The zero-order valence-electron chi connectivity index (χ0n) is 7.46. The maximum atomic E-state index is 6.06. The molecule has 1 aromatic heterocycles. The number of hydrogen-bond acceptors (Lipinski definition) is 4. The largest absolute Gasteiger partial charge is 0.375 e. The molecule has 0 aliphatic rings. The highest BCUT2D eigenvalue weighted by molar-refractivity contribution is 7.22. The third-order valence-corrected chi connectivity index (χ3v) is 3.08. The molecule has 0 fully saturated rings. The van der Waals surface area contributed by atoms with Crippen LogP contribution in [0.5, 0.6) is 0 Å². The summed E-state index contributed by atoms with van der Waals surface area (Å²) in [6.45, 7) is 0.621. The average Bonchev–Trinajstić information content (AvgIpc) is 2.47. The van der Waals surface area contributed by atoms with Crippen LogP contribution in [0.15, 0.2) is 12.1 Å². The van der Waals surface area contributed by atoms with Crippen LogP contribution in [0.1, 0.15) is 5.56 Å². The third-order valence-electron chi connectivity index (χ3n) is 1.96. The smallest absolute Gasteiger partial charge is 0.181 e. The summed E-state index contributed by atoms with van der Waals surface area (Å²) >= 11 is 7.51. The van der Waals surface area contributed by atoms with Crippen LogP contribution >= 0.6 is 22.9 Å². The van der Waals surface area contributed by atoms with E-state index in [1.165, 1.54) is 11.3 Å². The molecule has 0 bridgehead atoms. The molecule has 1 aromatic carbocycles. The second-order valence-electron chi connectivity index (χ2n) is 3.02. The molecule has 14 heavy (non-hydrogen) atoms. The summed E-state index contributed by atoms with van der Waals surface area (Å²) in [4.78, 5) is 4.15. The van der Waals surface area contributed by atoms with Gasteiger partial charge in [0.2, 0.25) is 0 Å². The fourth-order valence-corrected chi connectivity index (χ4v) is 2.54. The molecule has 3 nitrogen and oxygen atoms in total. The topological polar surface area (TPSA) is 64.9 Å². The molecule has 0 unspecified atom stereocenters. The predicted molar refractivity (Wildman–Crippen MR) is 61.8 cm³/mol. The minimum absolute atomic E-state index is 0.548. The molecule has 0 atom stereocenters. The summed E-state index contributed by atoms with van der Waals surface area (Å²) in [6.07, 6.45) is 0.827. The maximum absolute atomic E-state index is 6.06. The molecular formula is C9H10ClN3S. The quantitative estimate of drug-likeness (QED) is 0.825. The summed E-state index contributed by atoms with van der Waals surface area (Å²) in [6, 6.07) is 3.94. The Kier molecular flexibility index (Phi) is 2.58. The first kappa shape index (κ1) is 9.71. The monoisotopic (exact) mass is 227 g/mol. The second-order valence-corrected chi connectivity index (χ2v) is 4.48. The minimum atomic E-state index is 0.548. The highest BCUT2D eigenvalue weighted by atomic mass is 35.5. The van der Waals surface area contributed by atoms with Gasteiger partial charge in [0, 0.05) is 0 Å². The van der Waals surface area contributed by atoms with Crippen molar-refractivity contribution in [2.24, 2.45) is 5.73 Å². The van der Waals surface area contributed by atoms with E-state index in [4.69, 9.17) is 23.1 Å². The summed E-state index contributed by atoms with van der Waals surface area (Å²) in [5, 5.41) is 1.20. The Hall–Kier alpha value is -0.840. The van der Waals surface area contributed by atoms with Crippen LogP contribution < -0.4 is 11.5 Å². The molecule has 74 valence electrons. The van der Waals surface area contributed by atoms with Crippen molar-refractivity contribution < 1.29 is 0 Å². The molecule has 0 amide bonds. The lowest BCUT2D eigenvalue weighted by Crippen LogP contribution is -2.02. The van der Waals surface area contributed by atoms with Gasteiger partial charge in [-0.05, 0) is 30.7 Å². The first-order valence-corrected chi connectivity index (χ1v) is 5.44. The van der Waals surface area contributed by atoms with E-state index >= 15 is 0 Å². The van der Waals surface area contributed by atoms with Crippen molar-refractivity contribution in [3.63, 3.8) is 0 Å². The van der Waals surface area contributed by atoms with Crippen molar-refractivity contribution in [1.82, 2.24) is 4.98 Å². The van der Waals surface area contributed by atoms with E-state index in [0.717, 1.165) is 22.2 Å². The third kappa shape index (κ3) is 1.68. The number of nitrogen functional groups attached to an aromatic ring is 1. The van der Waals surface area contributed by atoms with E-state index in [2.05, 4.69) is 4.98 Å². The van der Waals surface area contributed by atoms with Gasteiger partial charge < -0.3 is 11.5 Å². The fourth-order valence-electron chi connectivity index (χ4n) is 1.37. The molecule has 0 radical (unpaired) electrons. The van der Waals surface area contributed by atoms with E-state index in [1.807, 2.05) is 12.1 Å². The van der Waals surface area contributed by atoms with Gasteiger partial charge >= 0.3 is 0 Å². The van der Waals surface area contributed by atoms with Crippen LogP contribution in [-0.4, -0.2) is 11.5 Å². The van der Waals surface area contributed by atoms with Gasteiger partial charge in [-0.1, -0.05) is 22.9 Å². The zero-order valence-corrected chi connectivity index (χ0v) is 9.03. The van der Waals surface area contributed by atoms with Crippen molar-refractivity contribution in [2.75, 3.05) is 12.3 Å². The molecule has 1 heterocycles. The molecule has 0 saturated heterocycles. The van der Waals surface area contributed by atoms with Crippen LogP contribution in [0.4, 0.5) is 5.13 Å². The summed E-state index contributed by atoms with van der Waals surface area (Å²) < 4.78 is 1.03. The van der Waals surface area contributed by atoms with E-state index in [-0.39, 0.29) is 0 Å². The van der Waals surface area contributed by atoms with Crippen LogP contribution in [0.3, 0.4) is 0 Å². The molecule has 0 spiro atoms.